The molecule has 2 heterocycles. The number of hydrogen-bond acceptors (Lipinski definition) is 5. The molecule has 2 aromatic carbocycles. The van der Waals surface area contributed by atoms with Gasteiger partial charge in [-0.3, -0.25) is 34.2 Å². The first-order valence-electron chi connectivity index (χ1n) is 8.21. The van der Waals surface area contributed by atoms with Crippen LogP contribution in [0.1, 0.15) is 43.9 Å². The van der Waals surface area contributed by atoms with Gasteiger partial charge in [0.25, 0.3) is 17.7 Å². The number of carbonyl (C=O) groups is 5. The minimum atomic E-state index is -0.515. The fourth-order valence-corrected chi connectivity index (χ4v) is 3.10. The van der Waals surface area contributed by atoms with Crippen molar-refractivity contribution in [2.45, 2.75) is 12.8 Å². The summed E-state index contributed by atoms with van der Waals surface area (Å²) in [6, 6.07) is 10.6. The summed E-state index contributed by atoms with van der Waals surface area (Å²) in [4.78, 5) is 60.6. The Morgan fingerprint density at radius 2 is 1.59 bits per heavy atom. The minimum Gasteiger partial charge on any atom is -0.322 e. The highest BCUT2D eigenvalue weighted by atomic mass is 16.2. The van der Waals surface area contributed by atoms with Crippen LogP contribution in [0, 0.1) is 0 Å². The second-order valence-corrected chi connectivity index (χ2v) is 6.17. The lowest BCUT2D eigenvalue weighted by Gasteiger charge is -2.15. The van der Waals surface area contributed by atoms with E-state index < -0.39 is 17.7 Å². The summed E-state index contributed by atoms with van der Waals surface area (Å²) in [6.45, 7) is 0. The van der Waals surface area contributed by atoms with Crippen LogP contribution in [0.2, 0.25) is 0 Å². The van der Waals surface area contributed by atoms with E-state index in [0.717, 1.165) is 4.90 Å². The Balaban J connectivity index is 1.58. The normalized spacial score (nSPS) is 15.8. The molecule has 0 unspecified atom stereocenters. The van der Waals surface area contributed by atoms with Gasteiger partial charge in [-0.15, -0.1) is 0 Å². The third-order valence-corrected chi connectivity index (χ3v) is 4.41. The first-order valence-corrected chi connectivity index (χ1v) is 8.21. The molecule has 2 aliphatic heterocycles. The summed E-state index contributed by atoms with van der Waals surface area (Å²) in [5.41, 5.74) is 1.39. The van der Waals surface area contributed by atoms with Crippen molar-refractivity contribution in [1.29, 1.82) is 0 Å². The van der Waals surface area contributed by atoms with Crippen LogP contribution in [0.3, 0.4) is 0 Å². The summed E-state index contributed by atoms with van der Waals surface area (Å²) in [7, 11) is 0. The Morgan fingerprint density at radius 3 is 2.33 bits per heavy atom. The second-order valence-electron chi connectivity index (χ2n) is 6.17. The maximum absolute atomic E-state index is 12.5. The van der Waals surface area contributed by atoms with Crippen LogP contribution in [0.15, 0.2) is 42.5 Å². The number of rotatable bonds is 3. The van der Waals surface area contributed by atoms with Crippen LogP contribution in [0.4, 0.5) is 11.4 Å². The van der Waals surface area contributed by atoms with E-state index >= 15 is 0 Å². The number of hydrogen-bond donors (Lipinski definition) is 2. The highest BCUT2D eigenvalue weighted by molar-refractivity contribution is 6.22. The van der Waals surface area contributed by atoms with Crippen molar-refractivity contribution in [3.05, 3.63) is 59.2 Å². The molecule has 134 valence electrons. The second kappa shape index (κ2) is 6.17. The van der Waals surface area contributed by atoms with Gasteiger partial charge in [0.05, 0.1) is 16.8 Å². The first kappa shape index (κ1) is 16.6. The molecule has 0 bridgehead atoms. The predicted octanol–water partition coefficient (Wildman–Crippen LogP) is 1.48. The monoisotopic (exact) mass is 363 g/mol. The molecule has 0 spiro atoms. The summed E-state index contributed by atoms with van der Waals surface area (Å²) in [5.74, 6) is -2.06. The van der Waals surface area contributed by atoms with E-state index in [1.54, 1.807) is 18.2 Å². The Hall–Kier alpha value is -3.81. The number of amides is 5. The summed E-state index contributed by atoms with van der Waals surface area (Å²) < 4.78 is 0. The lowest BCUT2D eigenvalue weighted by atomic mass is 10.1. The van der Waals surface area contributed by atoms with Crippen molar-refractivity contribution in [2.75, 3.05) is 10.2 Å². The van der Waals surface area contributed by atoms with Crippen LogP contribution in [0.25, 0.3) is 0 Å². The highest BCUT2D eigenvalue weighted by Crippen LogP contribution is 2.24. The van der Waals surface area contributed by atoms with Crippen molar-refractivity contribution in [3.8, 4) is 0 Å². The molecule has 1 fully saturated rings. The van der Waals surface area contributed by atoms with Gasteiger partial charge in [-0.2, -0.15) is 0 Å². The van der Waals surface area contributed by atoms with Crippen molar-refractivity contribution in [1.82, 2.24) is 5.32 Å². The van der Waals surface area contributed by atoms with Crippen LogP contribution in [0.5, 0.6) is 0 Å². The predicted molar refractivity (Wildman–Crippen MR) is 94.4 cm³/mol. The SMILES string of the molecule is O=C(Nc1ccc2c(c1)C(=O)NC2=O)c1cccc(N2C(=O)CCC2=O)c1. The number of nitrogens with one attached hydrogen (secondary N) is 2. The molecule has 0 aromatic heterocycles. The molecule has 0 aliphatic carbocycles. The fraction of sp³-hybridized carbons (Fsp3) is 0.105. The molecule has 0 radical (unpaired) electrons. The summed E-state index contributed by atoms with van der Waals surface area (Å²) >= 11 is 0. The topological polar surface area (TPSA) is 113 Å². The number of carbonyl (C=O) groups excluding carboxylic acids is 5. The third kappa shape index (κ3) is 2.86. The highest BCUT2D eigenvalue weighted by Gasteiger charge is 2.30. The summed E-state index contributed by atoms with van der Waals surface area (Å²) in [6.07, 6.45) is 0.316. The van der Waals surface area contributed by atoms with Gasteiger partial charge >= 0.3 is 0 Å². The van der Waals surface area contributed by atoms with Gasteiger partial charge in [0.1, 0.15) is 0 Å². The van der Waals surface area contributed by atoms with Gasteiger partial charge in [0.15, 0.2) is 0 Å². The van der Waals surface area contributed by atoms with Crippen LogP contribution in [-0.2, 0) is 9.59 Å². The maximum Gasteiger partial charge on any atom is 0.259 e. The lowest BCUT2D eigenvalue weighted by Crippen LogP contribution is -2.28. The zero-order chi connectivity index (χ0) is 19.1. The molecule has 0 atom stereocenters. The molecule has 8 heteroatoms. The van der Waals surface area contributed by atoms with E-state index in [-0.39, 0.29) is 41.3 Å². The zero-order valence-electron chi connectivity index (χ0n) is 13.9. The molecule has 27 heavy (non-hydrogen) atoms. The molecule has 0 saturated carbocycles. The average molecular weight is 363 g/mol. The Labute approximate surface area is 153 Å². The van der Waals surface area contributed by atoms with Gasteiger partial charge in [-0.05, 0) is 36.4 Å². The maximum atomic E-state index is 12.5. The molecule has 5 amide bonds. The molecule has 8 nitrogen and oxygen atoms in total. The van der Waals surface area contributed by atoms with Gasteiger partial charge in [-0.25, -0.2) is 0 Å². The van der Waals surface area contributed by atoms with Crippen LogP contribution >= 0.6 is 0 Å². The van der Waals surface area contributed by atoms with Crippen molar-refractivity contribution in [2.24, 2.45) is 0 Å². The van der Waals surface area contributed by atoms with E-state index in [1.165, 1.54) is 24.3 Å². The average Bonchev–Trinajstić information content (AvgIpc) is 3.13. The minimum absolute atomic E-state index is 0.158. The molecule has 2 N–H and O–H groups in total. The number of imide groups is 2. The molecule has 2 aliphatic rings. The Bertz CT molecular complexity index is 1030. The summed E-state index contributed by atoms with van der Waals surface area (Å²) in [5, 5.41) is 4.83. The van der Waals surface area contributed by atoms with Crippen molar-refractivity contribution in [3.63, 3.8) is 0 Å². The number of nitrogens with zero attached hydrogens (tertiary/aromatic N) is 1. The Morgan fingerprint density at radius 1 is 0.889 bits per heavy atom. The number of fused-ring (bicyclic) bond motifs is 1. The van der Waals surface area contributed by atoms with E-state index in [9.17, 15) is 24.0 Å². The smallest absolute Gasteiger partial charge is 0.259 e. The van der Waals surface area contributed by atoms with E-state index in [2.05, 4.69) is 10.6 Å². The van der Waals surface area contributed by atoms with E-state index in [0.29, 0.717) is 11.4 Å². The fourth-order valence-electron chi connectivity index (χ4n) is 3.10. The third-order valence-electron chi connectivity index (χ3n) is 4.41. The molecular formula is C19H13N3O5. The largest absolute Gasteiger partial charge is 0.322 e. The van der Waals surface area contributed by atoms with Crippen molar-refractivity contribution < 1.29 is 24.0 Å². The van der Waals surface area contributed by atoms with Gasteiger partial charge in [-0.1, -0.05) is 6.07 Å². The lowest BCUT2D eigenvalue weighted by molar-refractivity contribution is -0.121. The quantitative estimate of drug-likeness (QED) is 0.802. The van der Waals surface area contributed by atoms with Crippen LogP contribution in [-0.4, -0.2) is 29.5 Å². The van der Waals surface area contributed by atoms with Gasteiger partial charge in [0.2, 0.25) is 11.8 Å². The van der Waals surface area contributed by atoms with E-state index in [4.69, 9.17) is 0 Å². The standard InChI is InChI=1S/C19H13N3O5/c23-15-6-7-16(24)22(15)12-3-1-2-10(8-12)17(25)20-11-4-5-13-14(9-11)19(27)21-18(13)26/h1-5,8-9H,6-7H2,(H,20,25)(H,21,26,27). The Kier molecular flexibility index (Phi) is 3.80. The van der Waals surface area contributed by atoms with Gasteiger partial charge in [0, 0.05) is 24.1 Å². The molecule has 4 rings (SSSR count). The first-order chi connectivity index (χ1) is 12.9. The van der Waals surface area contributed by atoms with Crippen molar-refractivity contribution >= 4 is 40.9 Å². The van der Waals surface area contributed by atoms with Gasteiger partial charge < -0.3 is 5.32 Å². The molecule has 1 saturated heterocycles. The molecular weight excluding hydrogens is 350 g/mol. The molecule has 2 aromatic rings. The van der Waals surface area contributed by atoms with E-state index in [1.807, 2.05) is 0 Å². The number of benzene rings is 2. The number of anilines is 2. The van der Waals surface area contributed by atoms with Crippen LogP contribution < -0.4 is 15.5 Å². The zero-order valence-corrected chi connectivity index (χ0v) is 13.9.